The number of ether oxygens (including phenoxy) is 1. The molecule has 0 bridgehead atoms. The largest absolute Gasteiger partial charge is 0.469 e. The zero-order chi connectivity index (χ0) is 25.2. The summed E-state index contributed by atoms with van der Waals surface area (Å²) < 4.78 is 5.40. The Bertz CT molecular complexity index is 803. The molecule has 0 aromatic heterocycles. The molecule has 8 unspecified atom stereocenters. The molecular weight excluding hydrogens is 432 g/mol. The van der Waals surface area contributed by atoms with Gasteiger partial charge in [-0.05, 0) is 116 Å². The summed E-state index contributed by atoms with van der Waals surface area (Å²) >= 11 is 0. The summed E-state index contributed by atoms with van der Waals surface area (Å²) in [6.07, 6.45) is 14.5. The van der Waals surface area contributed by atoms with Gasteiger partial charge in [0.15, 0.2) is 0 Å². The normalized spacial score (nSPS) is 49.4. The first-order chi connectivity index (χ1) is 15.9. The summed E-state index contributed by atoms with van der Waals surface area (Å²) in [7, 11) is 1.60. The first kappa shape index (κ1) is 28.7. The molecule has 0 aliphatic heterocycles. The number of rotatable bonds is 1. The molecule has 5 fully saturated rings. The molecule has 0 heterocycles. The standard InChI is InChI=1S/C28H46O3.C3H6.CH4/c1-24(2)20-11-15-27(5)21(25(20,3)14-12-22(24)29)10-9-18-19-8-7-13-28(19,23(30)31-6)17-16-26(18,27)4;1-3-2;/h18-22,29H,7-17H2,1-6H3;3H,1H2,2H3;1H4/t18?,19?,20?,21?,22?,25?,26-,27?,28?;;/m1../s1. The summed E-state index contributed by atoms with van der Waals surface area (Å²) in [4.78, 5) is 13.0. The topological polar surface area (TPSA) is 46.5 Å². The SMILES string of the molecule is C.C=CC.COC(=O)C12CCCC1C1CCC3C4(C)CCC(O)C(C)(C)C4CCC3(C)[C@]1(C)CC2. The molecule has 0 radical (unpaired) electrons. The predicted molar refractivity (Wildman–Crippen MR) is 146 cm³/mol. The molecule has 0 spiro atoms. The van der Waals surface area contributed by atoms with E-state index in [0.717, 1.165) is 25.2 Å². The lowest BCUT2D eigenvalue weighted by Crippen LogP contribution is -2.66. The second-order valence-electron chi connectivity index (χ2n) is 14.1. The molecule has 3 nitrogen and oxygen atoms in total. The summed E-state index contributed by atoms with van der Waals surface area (Å²) in [5.41, 5.74) is 0.807. The van der Waals surface area contributed by atoms with Crippen LogP contribution in [-0.4, -0.2) is 24.3 Å². The Hall–Kier alpha value is -0.830. The predicted octanol–water partition coefficient (Wildman–Crippen LogP) is 8.20. The van der Waals surface area contributed by atoms with Crippen molar-refractivity contribution in [2.75, 3.05) is 7.11 Å². The number of aliphatic hydroxyl groups excluding tert-OH is 1. The van der Waals surface area contributed by atoms with Crippen molar-refractivity contribution in [3.63, 3.8) is 0 Å². The number of allylic oxidation sites excluding steroid dienone is 1. The van der Waals surface area contributed by atoms with Crippen molar-refractivity contribution >= 4 is 5.97 Å². The highest BCUT2D eigenvalue weighted by molar-refractivity contribution is 5.78. The molecule has 35 heavy (non-hydrogen) atoms. The van der Waals surface area contributed by atoms with Gasteiger partial charge < -0.3 is 9.84 Å². The van der Waals surface area contributed by atoms with Crippen LogP contribution >= 0.6 is 0 Å². The Kier molecular flexibility index (Phi) is 7.78. The van der Waals surface area contributed by atoms with E-state index in [0.29, 0.717) is 34.0 Å². The van der Waals surface area contributed by atoms with Crippen LogP contribution in [0.3, 0.4) is 0 Å². The van der Waals surface area contributed by atoms with Crippen molar-refractivity contribution in [2.45, 2.75) is 126 Å². The molecule has 0 aromatic rings. The highest BCUT2D eigenvalue weighted by atomic mass is 16.5. The zero-order valence-corrected chi connectivity index (χ0v) is 23.2. The van der Waals surface area contributed by atoms with Crippen LogP contribution in [0.5, 0.6) is 0 Å². The number of methoxy groups -OCH3 is 1. The number of esters is 1. The van der Waals surface area contributed by atoms with E-state index >= 15 is 0 Å². The van der Waals surface area contributed by atoms with Gasteiger partial charge in [-0.15, -0.1) is 6.58 Å². The van der Waals surface area contributed by atoms with Gasteiger partial charge in [-0.1, -0.05) is 54.5 Å². The van der Waals surface area contributed by atoms with Gasteiger partial charge >= 0.3 is 5.97 Å². The van der Waals surface area contributed by atoms with Crippen LogP contribution in [0, 0.1) is 50.7 Å². The Balaban J connectivity index is 0.000000815. The van der Waals surface area contributed by atoms with Gasteiger partial charge in [-0.25, -0.2) is 0 Å². The second-order valence-corrected chi connectivity index (χ2v) is 14.1. The van der Waals surface area contributed by atoms with Crippen molar-refractivity contribution in [1.82, 2.24) is 0 Å². The van der Waals surface area contributed by atoms with E-state index in [2.05, 4.69) is 41.2 Å². The molecule has 0 amide bonds. The third-order valence-electron chi connectivity index (χ3n) is 12.9. The number of fused-ring (bicyclic) bond motifs is 7. The molecular formula is C32H56O3. The third-order valence-corrected chi connectivity index (χ3v) is 12.9. The number of hydrogen-bond donors (Lipinski definition) is 1. The maximum Gasteiger partial charge on any atom is 0.312 e. The van der Waals surface area contributed by atoms with Gasteiger partial charge in [0.25, 0.3) is 0 Å². The molecule has 9 atom stereocenters. The quantitative estimate of drug-likeness (QED) is 0.299. The molecule has 0 saturated heterocycles. The van der Waals surface area contributed by atoms with E-state index < -0.39 is 0 Å². The fourth-order valence-corrected chi connectivity index (χ4v) is 11.1. The smallest absolute Gasteiger partial charge is 0.312 e. The van der Waals surface area contributed by atoms with Crippen LogP contribution in [0.25, 0.3) is 0 Å². The highest BCUT2D eigenvalue weighted by Crippen LogP contribution is 2.76. The van der Waals surface area contributed by atoms with Crippen molar-refractivity contribution in [1.29, 1.82) is 0 Å². The van der Waals surface area contributed by atoms with Crippen molar-refractivity contribution in [3.05, 3.63) is 12.7 Å². The Morgan fingerprint density at radius 1 is 0.857 bits per heavy atom. The lowest BCUT2D eigenvalue weighted by atomic mass is 9.32. The number of carbonyl (C=O) groups excluding carboxylic acids is 1. The van der Waals surface area contributed by atoms with Gasteiger partial charge in [0.05, 0.1) is 18.6 Å². The maximum absolute atomic E-state index is 13.0. The maximum atomic E-state index is 13.0. The van der Waals surface area contributed by atoms with Crippen LogP contribution in [0.1, 0.15) is 120 Å². The van der Waals surface area contributed by atoms with E-state index in [-0.39, 0.29) is 30.3 Å². The lowest BCUT2D eigenvalue weighted by molar-refractivity contribution is -0.246. The van der Waals surface area contributed by atoms with E-state index in [1.165, 1.54) is 51.4 Å². The molecule has 5 rings (SSSR count). The zero-order valence-electron chi connectivity index (χ0n) is 23.2. The minimum Gasteiger partial charge on any atom is -0.469 e. The molecule has 202 valence electrons. The van der Waals surface area contributed by atoms with Crippen LogP contribution in [-0.2, 0) is 9.53 Å². The Morgan fingerprint density at radius 2 is 1.51 bits per heavy atom. The molecule has 0 aromatic carbocycles. The summed E-state index contributed by atoms with van der Waals surface area (Å²) in [6.45, 7) is 17.8. The van der Waals surface area contributed by atoms with Crippen LogP contribution in [0.4, 0.5) is 0 Å². The Labute approximate surface area is 216 Å². The number of hydrogen-bond acceptors (Lipinski definition) is 3. The second kappa shape index (κ2) is 9.48. The van der Waals surface area contributed by atoms with Gasteiger partial charge in [-0.2, -0.15) is 0 Å². The molecule has 5 aliphatic carbocycles. The molecule has 5 aliphatic rings. The van der Waals surface area contributed by atoms with Crippen LogP contribution in [0.2, 0.25) is 0 Å². The first-order valence-electron chi connectivity index (χ1n) is 14.2. The number of aliphatic hydroxyl groups is 1. The summed E-state index contributed by atoms with van der Waals surface area (Å²) in [5, 5.41) is 10.9. The molecule has 5 saturated carbocycles. The summed E-state index contributed by atoms with van der Waals surface area (Å²) in [6, 6.07) is 0. The van der Waals surface area contributed by atoms with Gasteiger partial charge in [0, 0.05) is 0 Å². The van der Waals surface area contributed by atoms with Gasteiger partial charge in [-0.3, -0.25) is 4.79 Å². The third kappa shape index (κ3) is 3.71. The Morgan fingerprint density at radius 3 is 2.14 bits per heavy atom. The van der Waals surface area contributed by atoms with Crippen LogP contribution < -0.4 is 0 Å². The minimum atomic E-state index is -0.194. The lowest BCUT2D eigenvalue weighted by Gasteiger charge is -2.72. The minimum absolute atomic E-state index is 0. The van der Waals surface area contributed by atoms with Gasteiger partial charge in [0.2, 0.25) is 0 Å². The average molecular weight is 489 g/mol. The molecule has 3 heteroatoms. The first-order valence-corrected chi connectivity index (χ1v) is 14.2. The van der Waals surface area contributed by atoms with E-state index in [4.69, 9.17) is 4.74 Å². The fourth-order valence-electron chi connectivity index (χ4n) is 11.1. The highest BCUT2D eigenvalue weighted by Gasteiger charge is 2.70. The molecule has 1 N–H and O–H groups in total. The fraction of sp³-hybridized carbons (Fsp3) is 0.906. The summed E-state index contributed by atoms with van der Waals surface area (Å²) in [5.74, 6) is 2.62. The van der Waals surface area contributed by atoms with E-state index in [1.807, 2.05) is 6.92 Å². The average Bonchev–Trinajstić information content (AvgIpc) is 3.22. The van der Waals surface area contributed by atoms with E-state index in [1.54, 1.807) is 13.2 Å². The monoisotopic (exact) mass is 488 g/mol. The van der Waals surface area contributed by atoms with E-state index in [9.17, 15) is 9.90 Å². The van der Waals surface area contributed by atoms with Gasteiger partial charge in [0.1, 0.15) is 0 Å². The van der Waals surface area contributed by atoms with Crippen LogP contribution in [0.15, 0.2) is 12.7 Å². The van der Waals surface area contributed by atoms with Crippen molar-refractivity contribution < 1.29 is 14.6 Å². The van der Waals surface area contributed by atoms with Crippen molar-refractivity contribution in [3.8, 4) is 0 Å². The number of carbonyl (C=O) groups is 1. The van der Waals surface area contributed by atoms with Crippen molar-refractivity contribution in [2.24, 2.45) is 50.7 Å².